The SMILES string of the molecule is CNC(Cc1ccc(F)cc1C)c1ccc(C)cc1Cl. The number of halogens is 2. The summed E-state index contributed by atoms with van der Waals surface area (Å²) >= 11 is 6.33. The first-order valence-corrected chi connectivity index (χ1v) is 7.07. The van der Waals surface area contributed by atoms with E-state index in [-0.39, 0.29) is 11.9 Å². The molecule has 0 aliphatic heterocycles. The zero-order valence-electron chi connectivity index (χ0n) is 12.0. The van der Waals surface area contributed by atoms with Crippen molar-refractivity contribution in [3.05, 3.63) is 69.5 Å². The third-order valence-corrected chi connectivity index (χ3v) is 3.94. The van der Waals surface area contributed by atoms with E-state index in [0.29, 0.717) is 0 Å². The third-order valence-electron chi connectivity index (χ3n) is 3.61. The molecule has 1 N–H and O–H groups in total. The van der Waals surface area contributed by atoms with Crippen LogP contribution >= 0.6 is 11.6 Å². The van der Waals surface area contributed by atoms with Crippen molar-refractivity contribution >= 4 is 11.6 Å². The highest BCUT2D eigenvalue weighted by molar-refractivity contribution is 6.31. The van der Waals surface area contributed by atoms with Gasteiger partial charge in [-0.2, -0.15) is 0 Å². The number of hydrogen-bond donors (Lipinski definition) is 1. The molecule has 0 aliphatic rings. The molecule has 106 valence electrons. The zero-order valence-corrected chi connectivity index (χ0v) is 12.8. The highest BCUT2D eigenvalue weighted by Gasteiger charge is 2.15. The number of benzene rings is 2. The van der Waals surface area contributed by atoms with Crippen LogP contribution in [0.15, 0.2) is 36.4 Å². The maximum Gasteiger partial charge on any atom is 0.123 e. The minimum Gasteiger partial charge on any atom is -0.313 e. The van der Waals surface area contributed by atoms with Crippen LogP contribution in [0.2, 0.25) is 5.02 Å². The quantitative estimate of drug-likeness (QED) is 0.868. The molecule has 20 heavy (non-hydrogen) atoms. The Morgan fingerprint density at radius 1 is 1.15 bits per heavy atom. The molecule has 0 saturated heterocycles. The minimum absolute atomic E-state index is 0.118. The summed E-state index contributed by atoms with van der Waals surface area (Å²) in [6.07, 6.45) is 0.783. The average molecular weight is 292 g/mol. The number of likely N-dealkylation sites (N-methyl/N-ethyl adjacent to an activating group) is 1. The lowest BCUT2D eigenvalue weighted by Gasteiger charge is -2.19. The van der Waals surface area contributed by atoms with Crippen LogP contribution in [0.3, 0.4) is 0 Å². The molecule has 3 heteroatoms. The molecular formula is C17H19ClFN. The first kappa shape index (κ1) is 15.0. The van der Waals surface area contributed by atoms with Crippen molar-refractivity contribution in [3.63, 3.8) is 0 Å². The van der Waals surface area contributed by atoms with Gasteiger partial charge in [-0.3, -0.25) is 0 Å². The Labute approximate surface area is 124 Å². The van der Waals surface area contributed by atoms with E-state index < -0.39 is 0 Å². The molecule has 2 aromatic carbocycles. The fraction of sp³-hybridized carbons (Fsp3) is 0.294. The van der Waals surface area contributed by atoms with Gasteiger partial charge in [-0.25, -0.2) is 4.39 Å². The smallest absolute Gasteiger partial charge is 0.123 e. The number of aryl methyl sites for hydroxylation is 2. The van der Waals surface area contributed by atoms with Crippen molar-refractivity contribution in [1.29, 1.82) is 0 Å². The predicted octanol–water partition coefficient (Wildman–Crippen LogP) is 4.60. The Morgan fingerprint density at radius 3 is 2.50 bits per heavy atom. The zero-order chi connectivity index (χ0) is 14.7. The lowest BCUT2D eigenvalue weighted by molar-refractivity contribution is 0.587. The van der Waals surface area contributed by atoms with Gasteiger partial charge < -0.3 is 5.32 Å². The molecule has 0 radical (unpaired) electrons. The van der Waals surface area contributed by atoms with Gasteiger partial charge >= 0.3 is 0 Å². The lowest BCUT2D eigenvalue weighted by Crippen LogP contribution is -2.19. The van der Waals surface area contributed by atoms with Crippen LogP contribution in [0.4, 0.5) is 4.39 Å². The molecule has 0 spiro atoms. The molecule has 1 atom stereocenters. The van der Waals surface area contributed by atoms with Crippen molar-refractivity contribution in [2.24, 2.45) is 0 Å². The molecule has 0 aromatic heterocycles. The molecule has 2 aromatic rings. The van der Waals surface area contributed by atoms with Crippen LogP contribution in [0.25, 0.3) is 0 Å². The van der Waals surface area contributed by atoms with E-state index in [0.717, 1.165) is 33.7 Å². The van der Waals surface area contributed by atoms with Gasteiger partial charge in [0.2, 0.25) is 0 Å². The fourth-order valence-corrected chi connectivity index (χ4v) is 2.76. The molecular weight excluding hydrogens is 273 g/mol. The van der Waals surface area contributed by atoms with Gasteiger partial charge in [0.05, 0.1) is 0 Å². The van der Waals surface area contributed by atoms with E-state index in [2.05, 4.69) is 17.4 Å². The standard InChI is InChI=1S/C17H19ClFN/c1-11-4-7-15(16(18)8-11)17(20-3)10-13-5-6-14(19)9-12(13)2/h4-9,17,20H,10H2,1-3H3. The highest BCUT2D eigenvalue weighted by atomic mass is 35.5. The second kappa shape index (κ2) is 6.38. The van der Waals surface area contributed by atoms with Crippen LogP contribution in [0.5, 0.6) is 0 Å². The maximum atomic E-state index is 13.2. The number of nitrogens with one attached hydrogen (secondary N) is 1. The molecule has 1 nitrogen and oxygen atoms in total. The molecule has 1 unspecified atom stereocenters. The largest absolute Gasteiger partial charge is 0.313 e. The van der Waals surface area contributed by atoms with Gasteiger partial charge in [0.25, 0.3) is 0 Å². The van der Waals surface area contributed by atoms with Crippen LogP contribution in [-0.2, 0) is 6.42 Å². The second-order valence-electron chi connectivity index (χ2n) is 5.14. The van der Waals surface area contributed by atoms with Crippen molar-refractivity contribution < 1.29 is 4.39 Å². The van der Waals surface area contributed by atoms with Gasteiger partial charge in [0, 0.05) is 11.1 Å². The van der Waals surface area contributed by atoms with Crippen LogP contribution in [0, 0.1) is 19.7 Å². The number of hydrogen-bond acceptors (Lipinski definition) is 1. The Bertz CT molecular complexity index is 610. The molecule has 0 fully saturated rings. The summed E-state index contributed by atoms with van der Waals surface area (Å²) in [5.41, 5.74) is 4.31. The third kappa shape index (κ3) is 3.38. The topological polar surface area (TPSA) is 12.0 Å². The Morgan fingerprint density at radius 2 is 1.90 bits per heavy atom. The van der Waals surface area contributed by atoms with Crippen molar-refractivity contribution in [2.45, 2.75) is 26.3 Å². The first-order chi connectivity index (χ1) is 9.51. The van der Waals surface area contributed by atoms with Crippen LogP contribution in [0.1, 0.15) is 28.3 Å². The van der Waals surface area contributed by atoms with E-state index in [9.17, 15) is 4.39 Å². The molecule has 0 aliphatic carbocycles. The minimum atomic E-state index is -0.194. The Balaban J connectivity index is 2.28. The Hall–Kier alpha value is -1.38. The summed E-state index contributed by atoms with van der Waals surface area (Å²) in [6.45, 7) is 3.95. The first-order valence-electron chi connectivity index (χ1n) is 6.69. The van der Waals surface area contributed by atoms with Crippen LogP contribution < -0.4 is 5.32 Å². The lowest BCUT2D eigenvalue weighted by atomic mass is 9.95. The van der Waals surface area contributed by atoms with Crippen LogP contribution in [-0.4, -0.2) is 7.05 Å². The van der Waals surface area contributed by atoms with E-state index in [1.807, 2.05) is 33.0 Å². The summed E-state index contributed by atoms with van der Waals surface area (Å²) in [6, 6.07) is 11.1. The molecule has 0 amide bonds. The maximum absolute atomic E-state index is 13.2. The predicted molar refractivity (Wildman–Crippen MR) is 82.8 cm³/mol. The summed E-state index contributed by atoms with van der Waals surface area (Å²) < 4.78 is 13.2. The summed E-state index contributed by atoms with van der Waals surface area (Å²) in [5.74, 6) is -0.194. The molecule has 0 bridgehead atoms. The van der Waals surface area contributed by atoms with Gasteiger partial charge in [0.15, 0.2) is 0 Å². The van der Waals surface area contributed by atoms with Crippen molar-refractivity contribution in [3.8, 4) is 0 Å². The van der Waals surface area contributed by atoms with E-state index >= 15 is 0 Å². The summed E-state index contributed by atoms with van der Waals surface area (Å²) in [4.78, 5) is 0. The molecule has 2 rings (SSSR count). The number of rotatable bonds is 4. The molecule has 0 heterocycles. The average Bonchev–Trinajstić information content (AvgIpc) is 2.39. The summed E-state index contributed by atoms with van der Waals surface area (Å²) in [7, 11) is 1.92. The second-order valence-corrected chi connectivity index (χ2v) is 5.55. The van der Waals surface area contributed by atoms with Crippen molar-refractivity contribution in [2.75, 3.05) is 7.05 Å². The summed E-state index contributed by atoms with van der Waals surface area (Å²) in [5, 5.41) is 4.06. The normalized spacial score (nSPS) is 12.4. The molecule has 0 saturated carbocycles. The highest BCUT2D eigenvalue weighted by Crippen LogP contribution is 2.27. The van der Waals surface area contributed by atoms with Gasteiger partial charge in [-0.05, 0) is 67.8 Å². The van der Waals surface area contributed by atoms with Gasteiger partial charge in [0.1, 0.15) is 5.82 Å². The fourth-order valence-electron chi connectivity index (χ4n) is 2.39. The van der Waals surface area contributed by atoms with Gasteiger partial charge in [-0.15, -0.1) is 0 Å². The Kier molecular flexibility index (Phi) is 4.79. The van der Waals surface area contributed by atoms with E-state index in [1.165, 1.54) is 6.07 Å². The van der Waals surface area contributed by atoms with Gasteiger partial charge in [-0.1, -0.05) is 29.8 Å². The van der Waals surface area contributed by atoms with Crippen molar-refractivity contribution in [1.82, 2.24) is 5.32 Å². The van der Waals surface area contributed by atoms with E-state index in [4.69, 9.17) is 11.6 Å². The van der Waals surface area contributed by atoms with E-state index in [1.54, 1.807) is 6.07 Å². The monoisotopic (exact) mass is 291 g/mol.